The van der Waals surface area contributed by atoms with E-state index < -0.39 is 0 Å². The van der Waals surface area contributed by atoms with Crippen LogP contribution in [0, 0.1) is 11.8 Å². The van der Waals surface area contributed by atoms with E-state index in [0.29, 0.717) is 12.5 Å². The van der Waals surface area contributed by atoms with Crippen molar-refractivity contribution in [1.82, 2.24) is 5.32 Å². The Bertz CT molecular complexity index is 74.9. The summed E-state index contributed by atoms with van der Waals surface area (Å²) in [7, 11) is 1.95. The molecule has 1 fully saturated rings. The second-order valence-electron chi connectivity index (χ2n) is 2.50. The lowest BCUT2D eigenvalue weighted by Crippen LogP contribution is -2.11. The predicted octanol–water partition coefficient (Wildman–Crippen LogP) is -0.166. The minimum atomic E-state index is 0.381. The van der Waals surface area contributed by atoms with Crippen molar-refractivity contribution in [3.63, 3.8) is 0 Å². The summed E-state index contributed by atoms with van der Waals surface area (Å²) in [6.07, 6.45) is 1.22. The topological polar surface area (TPSA) is 32.3 Å². The Morgan fingerprint density at radius 2 is 2.38 bits per heavy atom. The Morgan fingerprint density at radius 1 is 1.62 bits per heavy atom. The van der Waals surface area contributed by atoms with Crippen LogP contribution in [0.15, 0.2) is 0 Å². The number of hydrogen-bond acceptors (Lipinski definition) is 2. The van der Waals surface area contributed by atoms with Gasteiger partial charge in [-0.25, -0.2) is 0 Å². The Labute approximate surface area is 49.9 Å². The second kappa shape index (κ2) is 2.46. The maximum absolute atomic E-state index is 8.58. The molecule has 2 N–H and O–H groups in total. The molecule has 0 aromatic carbocycles. The van der Waals surface area contributed by atoms with E-state index in [1.54, 1.807) is 0 Å². The van der Waals surface area contributed by atoms with Crippen molar-refractivity contribution >= 4 is 0 Å². The van der Waals surface area contributed by atoms with Gasteiger partial charge in [0.2, 0.25) is 0 Å². The fourth-order valence-electron chi connectivity index (χ4n) is 1.05. The van der Waals surface area contributed by atoms with E-state index >= 15 is 0 Å². The number of nitrogens with one attached hydrogen (secondary N) is 1. The largest absolute Gasteiger partial charge is 0.396 e. The van der Waals surface area contributed by atoms with Crippen LogP contribution in [-0.2, 0) is 0 Å². The van der Waals surface area contributed by atoms with Gasteiger partial charge in [0.05, 0.1) is 0 Å². The van der Waals surface area contributed by atoms with Gasteiger partial charge in [0.25, 0.3) is 0 Å². The maximum atomic E-state index is 8.58. The van der Waals surface area contributed by atoms with E-state index in [4.69, 9.17) is 5.11 Å². The Morgan fingerprint density at radius 3 is 2.75 bits per heavy atom. The molecule has 0 saturated heterocycles. The van der Waals surface area contributed by atoms with Crippen LogP contribution in [0.25, 0.3) is 0 Å². The monoisotopic (exact) mass is 115 g/mol. The molecule has 1 aliphatic carbocycles. The molecule has 1 aliphatic rings. The predicted molar refractivity (Wildman–Crippen MR) is 32.6 cm³/mol. The first-order valence-corrected chi connectivity index (χ1v) is 3.14. The van der Waals surface area contributed by atoms with Crippen molar-refractivity contribution in [2.24, 2.45) is 11.8 Å². The van der Waals surface area contributed by atoms with Crippen molar-refractivity contribution in [3.05, 3.63) is 0 Å². The van der Waals surface area contributed by atoms with Gasteiger partial charge in [0.1, 0.15) is 0 Å². The zero-order valence-electron chi connectivity index (χ0n) is 5.22. The van der Waals surface area contributed by atoms with E-state index in [2.05, 4.69) is 5.32 Å². The van der Waals surface area contributed by atoms with E-state index in [1.165, 1.54) is 6.42 Å². The number of aliphatic hydroxyl groups is 1. The van der Waals surface area contributed by atoms with Crippen molar-refractivity contribution in [1.29, 1.82) is 0 Å². The summed E-state index contributed by atoms with van der Waals surface area (Å²) >= 11 is 0. The van der Waals surface area contributed by atoms with Gasteiger partial charge in [-0.3, -0.25) is 0 Å². The normalized spacial score (nSPS) is 35.2. The summed E-state index contributed by atoms with van der Waals surface area (Å²) in [5, 5.41) is 11.7. The third-order valence-electron chi connectivity index (χ3n) is 1.77. The van der Waals surface area contributed by atoms with Crippen molar-refractivity contribution in [3.8, 4) is 0 Å². The van der Waals surface area contributed by atoms with Crippen LogP contribution in [0.5, 0.6) is 0 Å². The Kier molecular flexibility index (Phi) is 1.86. The van der Waals surface area contributed by atoms with Gasteiger partial charge < -0.3 is 10.4 Å². The lowest BCUT2D eigenvalue weighted by Gasteiger charge is -1.92. The fourth-order valence-corrected chi connectivity index (χ4v) is 1.05. The van der Waals surface area contributed by atoms with Gasteiger partial charge in [-0.15, -0.1) is 0 Å². The highest BCUT2D eigenvalue weighted by Gasteiger charge is 2.34. The fraction of sp³-hybridized carbons (Fsp3) is 1.00. The van der Waals surface area contributed by atoms with Crippen LogP contribution in [0.3, 0.4) is 0 Å². The van der Waals surface area contributed by atoms with Gasteiger partial charge in [-0.2, -0.15) is 0 Å². The smallest absolute Gasteiger partial charge is 0.0462 e. The van der Waals surface area contributed by atoms with E-state index in [9.17, 15) is 0 Å². The van der Waals surface area contributed by atoms with Crippen LogP contribution >= 0.6 is 0 Å². The molecular weight excluding hydrogens is 102 g/mol. The standard InChI is InChI=1S/C6H13NO/c1-7-3-5-2-6(5)4-8/h5-8H,2-4H2,1H3/t5?,6-/m0/s1. The molecule has 48 valence electrons. The first kappa shape index (κ1) is 6.05. The molecule has 0 heterocycles. The van der Waals surface area contributed by atoms with E-state index in [0.717, 1.165) is 12.5 Å². The molecule has 0 aliphatic heterocycles. The van der Waals surface area contributed by atoms with Crippen LogP contribution in [0.4, 0.5) is 0 Å². The van der Waals surface area contributed by atoms with E-state index in [1.807, 2.05) is 7.05 Å². The minimum absolute atomic E-state index is 0.381. The van der Waals surface area contributed by atoms with Crippen LogP contribution in [0.1, 0.15) is 6.42 Å². The van der Waals surface area contributed by atoms with Crippen molar-refractivity contribution < 1.29 is 5.11 Å². The SMILES string of the molecule is CNCC1C[C@H]1CO. The molecule has 2 atom stereocenters. The number of aliphatic hydroxyl groups excluding tert-OH is 1. The summed E-state index contributed by atoms with van der Waals surface area (Å²) in [4.78, 5) is 0. The summed E-state index contributed by atoms with van der Waals surface area (Å²) in [5.74, 6) is 1.38. The van der Waals surface area contributed by atoms with Gasteiger partial charge in [-0.1, -0.05) is 0 Å². The molecule has 0 aromatic rings. The average molecular weight is 115 g/mol. The minimum Gasteiger partial charge on any atom is -0.396 e. The van der Waals surface area contributed by atoms with Gasteiger partial charge in [0, 0.05) is 6.61 Å². The van der Waals surface area contributed by atoms with Gasteiger partial charge in [0.15, 0.2) is 0 Å². The highest BCUT2D eigenvalue weighted by Crippen LogP contribution is 2.36. The van der Waals surface area contributed by atoms with Crippen molar-refractivity contribution in [2.75, 3.05) is 20.2 Å². The molecule has 0 spiro atoms. The summed E-state index contributed by atoms with van der Waals surface area (Å²) < 4.78 is 0. The number of hydrogen-bond donors (Lipinski definition) is 2. The quantitative estimate of drug-likeness (QED) is 0.535. The molecule has 0 aromatic heterocycles. The van der Waals surface area contributed by atoms with Crippen LogP contribution < -0.4 is 5.32 Å². The third kappa shape index (κ3) is 1.20. The highest BCUT2D eigenvalue weighted by molar-refractivity contribution is 4.86. The number of rotatable bonds is 3. The van der Waals surface area contributed by atoms with Gasteiger partial charge in [-0.05, 0) is 31.8 Å². The average Bonchev–Trinajstić information content (AvgIpc) is 2.48. The molecule has 2 heteroatoms. The Hall–Kier alpha value is -0.0800. The molecule has 2 nitrogen and oxygen atoms in total. The second-order valence-corrected chi connectivity index (χ2v) is 2.50. The van der Waals surface area contributed by atoms with Crippen LogP contribution in [0.2, 0.25) is 0 Å². The molecule has 8 heavy (non-hydrogen) atoms. The first-order valence-electron chi connectivity index (χ1n) is 3.14. The maximum Gasteiger partial charge on any atom is 0.0462 e. The summed E-state index contributed by atoms with van der Waals surface area (Å²) in [6.45, 7) is 1.46. The van der Waals surface area contributed by atoms with E-state index in [-0.39, 0.29) is 0 Å². The molecule has 0 amide bonds. The highest BCUT2D eigenvalue weighted by atomic mass is 16.3. The molecule has 0 bridgehead atoms. The zero-order chi connectivity index (χ0) is 5.98. The van der Waals surface area contributed by atoms with Crippen molar-refractivity contribution in [2.45, 2.75) is 6.42 Å². The summed E-state index contributed by atoms with van der Waals surface area (Å²) in [6, 6.07) is 0. The molecule has 0 radical (unpaired) electrons. The van der Waals surface area contributed by atoms with Crippen LogP contribution in [-0.4, -0.2) is 25.3 Å². The Balaban J connectivity index is 1.99. The lowest BCUT2D eigenvalue weighted by molar-refractivity contribution is 0.268. The molecule has 1 rings (SSSR count). The van der Waals surface area contributed by atoms with Gasteiger partial charge >= 0.3 is 0 Å². The first-order chi connectivity index (χ1) is 3.88. The third-order valence-corrected chi connectivity index (χ3v) is 1.77. The lowest BCUT2D eigenvalue weighted by atomic mass is 10.3. The molecule has 1 unspecified atom stereocenters. The molecule has 1 saturated carbocycles. The molecular formula is C6H13NO. The zero-order valence-corrected chi connectivity index (χ0v) is 5.22. The summed E-state index contributed by atoms with van der Waals surface area (Å²) in [5.41, 5.74) is 0.